The van der Waals surface area contributed by atoms with Crippen LogP contribution in [-0.4, -0.2) is 14.7 Å². The van der Waals surface area contributed by atoms with E-state index in [2.05, 4.69) is 23.4 Å². The first-order chi connectivity index (χ1) is 6.57. The molecule has 1 heterocycles. The van der Waals surface area contributed by atoms with Crippen molar-refractivity contribution in [3.8, 4) is 0 Å². The van der Waals surface area contributed by atoms with Gasteiger partial charge >= 0.3 is 0 Å². The van der Waals surface area contributed by atoms with Gasteiger partial charge in [0.15, 0.2) is 4.77 Å². The van der Waals surface area contributed by atoms with Crippen LogP contribution in [0.25, 0.3) is 0 Å². The number of imidazole rings is 1. The first kappa shape index (κ1) is 9.93. The Bertz CT molecular complexity index is 387. The van der Waals surface area contributed by atoms with E-state index in [1.54, 1.807) is 6.20 Å². The summed E-state index contributed by atoms with van der Waals surface area (Å²) < 4.78 is 2.77. The van der Waals surface area contributed by atoms with E-state index < -0.39 is 0 Å². The molecule has 1 aromatic heterocycles. The summed E-state index contributed by atoms with van der Waals surface area (Å²) in [5.41, 5.74) is 0.918. The van der Waals surface area contributed by atoms with Gasteiger partial charge in [-0.2, -0.15) is 0 Å². The molecule has 2 N–H and O–H groups in total. The Morgan fingerprint density at radius 3 is 2.79 bits per heavy atom. The lowest BCUT2D eigenvalue weighted by atomic mass is 9.98. The van der Waals surface area contributed by atoms with Crippen LogP contribution in [0.15, 0.2) is 6.20 Å². The minimum absolute atomic E-state index is 0.0369. The standard InChI is InChI=1S/C10H16N2OS/c1-10(2,7-3-4-7)12-8(6-13)5-11-9(12)14/h5,7,13H,3-4,6H2,1-2H3,(H,11,14). The maximum atomic E-state index is 9.21. The number of hydrogen-bond acceptors (Lipinski definition) is 2. The van der Waals surface area contributed by atoms with E-state index in [9.17, 15) is 5.11 Å². The van der Waals surface area contributed by atoms with E-state index in [1.807, 2.05) is 0 Å². The first-order valence-electron chi connectivity index (χ1n) is 4.98. The summed E-state index contributed by atoms with van der Waals surface area (Å²) in [7, 11) is 0. The Labute approximate surface area is 88.8 Å². The second-order valence-corrected chi connectivity index (χ2v) is 4.89. The van der Waals surface area contributed by atoms with Crippen LogP contribution < -0.4 is 0 Å². The van der Waals surface area contributed by atoms with Crippen molar-refractivity contribution < 1.29 is 5.11 Å². The van der Waals surface area contributed by atoms with E-state index >= 15 is 0 Å². The molecular weight excluding hydrogens is 196 g/mol. The Hall–Kier alpha value is -0.610. The molecule has 4 heteroatoms. The second-order valence-electron chi connectivity index (χ2n) is 4.51. The SMILES string of the molecule is CC(C)(C1CC1)n1c(CO)c[nH]c1=S. The molecule has 0 bridgehead atoms. The molecule has 0 atom stereocenters. The van der Waals surface area contributed by atoms with Crippen molar-refractivity contribution in [1.82, 2.24) is 9.55 Å². The number of aromatic amines is 1. The molecule has 0 aromatic carbocycles. The summed E-state index contributed by atoms with van der Waals surface area (Å²) in [6.45, 7) is 4.42. The fourth-order valence-corrected chi connectivity index (χ4v) is 2.54. The average molecular weight is 212 g/mol. The van der Waals surface area contributed by atoms with Crippen molar-refractivity contribution >= 4 is 12.2 Å². The fourth-order valence-electron chi connectivity index (χ4n) is 2.13. The van der Waals surface area contributed by atoms with Gasteiger partial charge in [-0.1, -0.05) is 0 Å². The van der Waals surface area contributed by atoms with Crippen LogP contribution in [0.5, 0.6) is 0 Å². The summed E-state index contributed by atoms with van der Waals surface area (Å²) in [5.74, 6) is 0.704. The maximum absolute atomic E-state index is 9.21. The lowest BCUT2D eigenvalue weighted by Crippen LogP contribution is -2.30. The zero-order valence-corrected chi connectivity index (χ0v) is 9.40. The molecular formula is C10H16N2OS. The van der Waals surface area contributed by atoms with Gasteiger partial charge in [-0.25, -0.2) is 0 Å². The van der Waals surface area contributed by atoms with Gasteiger partial charge in [0.2, 0.25) is 0 Å². The summed E-state index contributed by atoms with van der Waals surface area (Å²) in [5, 5.41) is 9.21. The first-order valence-corrected chi connectivity index (χ1v) is 5.39. The molecule has 1 aromatic rings. The molecule has 1 fully saturated rings. The molecule has 78 valence electrons. The molecule has 0 radical (unpaired) electrons. The molecule has 1 aliphatic carbocycles. The van der Waals surface area contributed by atoms with Crippen molar-refractivity contribution in [3.05, 3.63) is 16.7 Å². The molecule has 2 rings (SSSR count). The Morgan fingerprint density at radius 2 is 2.29 bits per heavy atom. The molecule has 0 aliphatic heterocycles. The highest BCUT2D eigenvalue weighted by Gasteiger charge is 2.40. The second kappa shape index (κ2) is 3.21. The van der Waals surface area contributed by atoms with Crippen molar-refractivity contribution in [3.63, 3.8) is 0 Å². The van der Waals surface area contributed by atoms with Gasteiger partial charge in [0.25, 0.3) is 0 Å². The maximum Gasteiger partial charge on any atom is 0.177 e. The third kappa shape index (κ3) is 1.42. The molecule has 0 spiro atoms. The Morgan fingerprint density at radius 1 is 1.64 bits per heavy atom. The van der Waals surface area contributed by atoms with Crippen LogP contribution in [-0.2, 0) is 12.1 Å². The summed E-state index contributed by atoms with van der Waals surface area (Å²) in [6, 6.07) is 0. The van der Waals surface area contributed by atoms with Crippen LogP contribution in [0.1, 0.15) is 32.4 Å². The van der Waals surface area contributed by atoms with E-state index in [4.69, 9.17) is 12.2 Å². The molecule has 1 aliphatic rings. The van der Waals surface area contributed by atoms with Crippen LogP contribution in [0, 0.1) is 10.7 Å². The van der Waals surface area contributed by atoms with Gasteiger partial charge < -0.3 is 14.7 Å². The number of aromatic nitrogens is 2. The third-order valence-electron chi connectivity index (χ3n) is 3.17. The zero-order valence-electron chi connectivity index (χ0n) is 8.58. The number of hydrogen-bond donors (Lipinski definition) is 2. The smallest absolute Gasteiger partial charge is 0.177 e. The monoisotopic (exact) mass is 212 g/mol. The van der Waals surface area contributed by atoms with Crippen LogP contribution in [0.2, 0.25) is 0 Å². The number of rotatable bonds is 3. The third-order valence-corrected chi connectivity index (χ3v) is 3.47. The molecule has 3 nitrogen and oxygen atoms in total. The topological polar surface area (TPSA) is 41.0 Å². The van der Waals surface area contributed by atoms with Gasteiger partial charge in [0.05, 0.1) is 12.3 Å². The van der Waals surface area contributed by atoms with Crippen LogP contribution >= 0.6 is 12.2 Å². The largest absolute Gasteiger partial charge is 0.390 e. The van der Waals surface area contributed by atoms with Gasteiger partial charge in [-0.05, 0) is 44.8 Å². The predicted octanol–water partition coefficient (Wildman–Crippen LogP) is 2.18. The fraction of sp³-hybridized carbons (Fsp3) is 0.700. The summed E-state index contributed by atoms with van der Waals surface area (Å²) in [4.78, 5) is 2.99. The summed E-state index contributed by atoms with van der Waals surface area (Å²) >= 11 is 5.23. The lowest BCUT2D eigenvalue weighted by molar-refractivity contribution is 0.235. The van der Waals surface area contributed by atoms with E-state index in [1.165, 1.54) is 12.8 Å². The molecule has 0 amide bonds. The number of aliphatic hydroxyl groups is 1. The number of nitrogens with one attached hydrogen (secondary N) is 1. The highest BCUT2D eigenvalue weighted by atomic mass is 32.1. The van der Waals surface area contributed by atoms with Crippen molar-refractivity contribution in [1.29, 1.82) is 0 Å². The molecule has 1 saturated carbocycles. The number of nitrogens with zero attached hydrogens (tertiary/aromatic N) is 1. The molecule has 0 unspecified atom stereocenters. The highest BCUT2D eigenvalue weighted by Crippen LogP contribution is 2.44. The van der Waals surface area contributed by atoms with E-state index in [0.29, 0.717) is 10.7 Å². The van der Waals surface area contributed by atoms with Crippen molar-refractivity contribution in [2.24, 2.45) is 5.92 Å². The Balaban J connectivity index is 2.47. The van der Waals surface area contributed by atoms with Crippen molar-refractivity contribution in [2.45, 2.75) is 38.8 Å². The number of H-pyrrole nitrogens is 1. The quantitative estimate of drug-likeness (QED) is 0.754. The van der Waals surface area contributed by atoms with E-state index in [-0.39, 0.29) is 12.1 Å². The van der Waals surface area contributed by atoms with Crippen molar-refractivity contribution in [2.75, 3.05) is 0 Å². The van der Waals surface area contributed by atoms with Gasteiger partial charge in [0.1, 0.15) is 0 Å². The average Bonchev–Trinajstić information content (AvgIpc) is 2.90. The van der Waals surface area contributed by atoms with Gasteiger partial charge in [0, 0.05) is 11.7 Å². The Kier molecular flexibility index (Phi) is 2.27. The van der Waals surface area contributed by atoms with Crippen LogP contribution in [0.4, 0.5) is 0 Å². The predicted molar refractivity (Wildman–Crippen MR) is 57.6 cm³/mol. The zero-order chi connectivity index (χ0) is 10.3. The van der Waals surface area contributed by atoms with Gasteiger partial charge in [-0.3, -0.25) is 0 Å². The minimum Gasteiger partial charge on any atom is -0.390 e. The number of aliphatic hydroxyl groups excluding tert-OH is 1. The summed E-state index contributed by atoms with van der Waals surface area (Å²) in [6.07, 6.45) is 4.34. The lowest BCUT2D eigenvalue weighted by Gasteiger charge is -2.28. The minimum atomic E-state index is 0.0369. The molecule has 14 heavy (non-hydrogen) atoms. The normalized spacial score (nSPS) is 17.4. The van der Waals surface area contributed by atoms with Gasteiger partial charge in [-0.15, -0.1) is 0 Å². The molecule has 0 saturated heterocycles. The van der Waals surface area contributed by atoms with Crippen LogP contribution in [0.3, 0.4) is 0 Å². The van der Waals surface area contributed by atoms with E-state index in [0.717, 1.165) is 5.69 Å². The highest BCUT2D eigenvalue weighted by molar-refractivity contribution is 7.71.